The van der Waals surface area contributed by atoms with Gasteiger partial charge in [-0.1, -0.05) is 0 Å². The fraction of sp³-hybridized carbons (Fsp3) is 0.222. The molecule has 0 radical (unpaired) electrons. The second-order valence-electron chi connectivity index (χ2n) is 8.49. The maximum absolute atomic E-state index is 12.8. The molecule has 9 heteroatoms. The first-order valence-corrected chi connectivity index (χ1v) is 11.3. The van der Waals surface area contributed by atoms with E-state index in [-0.39, 0.29) is 42.2 Å². The minimum atomic E-state index is -0.604. The highest BCUT2D eigenvalue weighted by Gasteiger charge is 2.40. The lowest BCUT2D eigenvalue weighted by Gasteiger charge is -2.27. The molecule has 3 aliphatic rings. The van der Waals surface area contributed by atoms with Gasteiger partial charge in [-0.2, -0.15) is 0 Å². The largest absolute Gasteiger partial charge is 0.493 e. The summed E-state index contributed by atoms with van der Waals surface area (Å²) in [5, 5.41) is 0. The van der Waals surface area contributed by atoms with Crippen LogP contribution in [0.5, 0.6) is 28.7 Å². The first kappa shape index (κ1) is 22.0. The Balaban J connectivity index is 1.47. The molecule has 3 heterocycles. The molecular weight excluding hydrogens is 466 g/mol. The Morgan fingerprint density at radius 1 is 1.03 bits per heavy atom. The highest BCUT2D eigenvalue weighted by molar-refractivity contribution is 5.96. The van der Waals surface area contributed by atoms with Gasteiger partial charge in [0.2, 0.25) is 12.5 Å². The Bertz CT molecular complexity index is 1400. The molecule has 0 saturated carbocycles. The monoisotopic (exact) mass is 487 g/mol. The van der Waals surface area contributed by atoms with E-state index >= 15 is 0 Å². The van der Waals surface area contributed by atoms with Crippen LogP contribution in [0.15, 0.2) is 59.9 Å². The molecule has 9 nitrogen and oxygen atoms in total. The Hall–Kier alpha value is -4.53. The van der Waals surface area contributed by atoms with Gasteiger partial charge in [-0.25, -0.2) is 9.59 Å². The van der Waals surface area contributed by atoms with Crippen LogP contribution in [-0.2, 0) is 16.0 Å². The molecule has 2 aromatic carbocycles. The number of hydrogen-bond acceptors (Lipinski definition) is 9. The molecule has 36 heavy (non-hydrogen) atoms. The fourth-order valence-electron chi connectivity index (χ4n) is 4.88. The molecule has 1 atom stereocenters. The lowest BCUT2D eigenvalue weighted by molar-refractivity contribution is -0.136. The van der Waals surface area contributed by atoms with Crippen molar-refractivity contribution in [1.29, 1.82) is 0 Å². The first-order valence-electron chi connectivity index (χ1n) is 11.3. The molecule has 182 valence electrons. The van der Waals surface area contributed by atoms with E-state index < -0.39 is 11.9 Å². The maximum Gasteiger partial charge on any atom is 0.345 e. The number of pyridine rings is 1. The predicted molar refractivity (Wildman–Crippen MR) is 125 cm³/mol. The highest BCUT2D eigenvalue weighted by atomic mass is 16.7. The Morgan fingerprint density at radius 3 is 2.47 bits per heavy atom. The lowest BCUT2D eigenvalue weighted by atomic mass is 9.75. The molecule has 0 unspecified atom stereocenters. The molecule has 0 spiro atoms. The normalized spacial score (nSPS) is 17.3. The van der Waals surface area contributed by atoms with Crippen LogP contribution in [0.2, 0.25) is 0 Å². The zero-order valence-electron chi connectivity index (χ0n) is 19.5. The second kappa shape index (κ2) is 8.60. The molecule has 1 aromatic heterocycles. The summed E-state index contributed by atoms with van der Waals surface area (Å²) in [5.41, 5.74) is 4.43. The van der Waals surface area contributed by atoms with Crippen molar-refractivity contribution in [3.63, 3.8) is 0 Å². The smallest absolute Gasteiger partial charge is 0.345 e. The van der Waals surface area contributed by atoms with Gasteiger partial charge in [0.25, 0.3) is 0 Å². The third kappa shape index (κ3) is 3.51. The maximum atomic E-state index is 12.8. The van der Waals surface area contributed by atoms with E-state index in [9.17, 15) is 9.59 Å². The van der Waals surface area contributed by atoms with Crippen LogP contribution in [-0.4, -0.2) is 44.5 Å². The molecule has 3 aromatic rings. The van der Waals surface area contributed by atoms with Gasteiger partial charge >= 0.3 is 11.9 Å². The van der Waals surface area contributed by atoms with E-state index in [1.165, 1.54) is 20.4 Å². The number of benzene rings is 2. The number of ether oxygens (including phenoxy) is 6. The number of fused-ring (bicyclic) bond motifs is 2. The zero-order valence-corrected chi connectivity index (χ0v) is 19.5. The van der Waals surface area contributed by atoms with Crippen molar-refractivity contribution in [1.82, 2.24) is 4.98 Å². The molecule has 0 bridgehead atoms. The Morgan fingerprint density at radius 2 is 1.78 bits per heavy atom. The summed E-state index contributed by atoms with van der Waals surface area (Å²) >= 11 is 0. The summed E-state index contributed by atoms with van der Waals surface area (Å²) in [4.78, 5) is 29.5. The number of carbonyl (C=O) groups is 2. The number of aromatic nitrogens is 1. The summed E-state index contributed by atoms with van der Waals surface area (Å²) in [6, 6.07) is 10.6. The number of methoxy groups -OCH3 is 2. The molecular formula is C27H21NO8. The van der Waals surface area contributed by atoms with Crippen molar-refractivity contribution >= 4 is 11.9 Å². The standard InChI is InChI=1S/C27H21NO8/c1-31-21-8-16(9-22(32-2)25(21)36-26(29)14-4-3-5-28-11-14)23-18-10-20-19(34-13-35-20)7-15(18)6-17-12-33-27(30)24(17)23/h3-5,7-11,23H,6,12-13H2,1-2H3/t23-/m0/s1. The average molecular weight is 487 g/mol. The first-order chi connectivity index (χ1) is 17.6. The molecule has 0 amide bonds. The third-order valence-electron chi connectivity index (χ3n) is 6.52. The fourth-order valence-corrected chi connectivity index (χ4v) is 4.88. The number of cyclic esters (lactones) is 1. The van der Waals surface area contributed by atoms with Crippen molar-refractivity contribution in [2.24, 2.45) is 0 Å². The van der Waals surface area contributed by atoms with E-state index in [1.807, 2.05) is 12.1 Å². The SMILES string of the molecule is COc1cc([C@@H]2C3=C(COC3=O)Cc3cc4c(cc32)OCO4)cc(OC)c1OC(=O)c1cccnc1. The van der Waals surface area contributed by atoms with Crippen LogP contribution in [0.1, 0.15) is 33.0 Å². The second-order valence-corrected chi connectivity index (χ2v) is 8.49. The number of nitrogens with zero attached hydrogens (tertiary/aromatic N) is 1. The van der Waals surface area contributed by atoms with Crippen LogP contribution >= 0.6 is 0 Å². The number of rotatable bonds is 5. The molecule has 2 aliphatic heterocycles. The molecule has 1 aliphatic carbocycles. The van der Waals surface area contributed by atoms with Crippen LogP contribution in [0.4, 0.5) is 0 Å². The van der Waals surface area contributed by atoms with E-state index in [1.54, 1.807) is 30.5 Å². The zero-order chi connectivity index (χ0) is 24.8. The molecule has 0 saturated heterocycles. The van der Waals surface area contributed by atoms with Crippen molar-refractivity contribution in [3.8, 4) is 28.7 Å². The Labute approximate surface area is 206 Å². The number of esters is 2. The van der Waals surface area contributed by atoms with Gasteiger partial charge in [0.15, 0.2) is 23.0 Å². The van der Waals surface area contributed by atoms with E-state index in [2.05, 4.69) is 4.98 Å². The van der Waals surface area contributed by atoms with Crippen LogP contribution < -0.4 is 23.7 Å². The molecule has 0 N–H and O–H groups in total. The van der Waals surface area contributed by atoms with Crippen LogP contribution in [0, 0.1) is 0 Å². The average Bonchev–Trinajstić information content (AvgIpc) is 3.52. The van der Waals surface area contributed by atoms with Gasteiger partial charge in [0, 0.05) is 18.3 Å². The summed E-state index contributed by atoms with van der Waals surface area (Å²) < 4.78 is 33.5. The number of carbonyl (C=O) groups excluding carboxylic acids is 2. The van der Waals surface area contributed by atoms with E-state index in [4.69, 9.17) is 28.4 Å². The van der Waals surface area contributed by atoms with E-state index in [0.717, 1.165) is 22.3 Å². The summed E-state index contributed by atoms with van der Waals surface area (Å²) in [7, 11) is 2.95. The number of hydrogen-bond donors (Lipinski definition) is 0. The van der Waals surface area contributed by atoms with Crippen molar-refractivity contribution in [3.05, 3.63) is 82.2 Å². The lowest BCUT2D eigenvalue weighted by Crippen LogP contribution is -2.18. The third-order valence-corrected chi connectivity index (χ3v) is 6.52. The topological polar surface area (TPSA) is 102 Å². The molecule has 0 fully saturated rings. The van der Waals surface area contributed by atoms with E-state index in [0.29, 0.717) is 23.5 Å². The van der Waals surface area contributed by atoms with Crippen molar-refractivity contribution in [2.45, 2.75) is 12.3 Å². The highest BCUT2D eigenvalue weighted by Crippen LogP contribution is 2.50. The van der Waals surface area contributed by atoms with Gasteiger partial charge in [-0.15, -0.1) is 0 Å². The van der Waals surface area contributed by atoms with Gasteiger partial charge in [0.05, 0.1) is 25.4 Å². The minimum absolute atomic E-state index is 0.127. The van der Waals surface area contributed by atoms with Crippen LogP contribution in [0.3, 0.4) is 0 Å². The van der Waals surface area contributed by atoms with Crippen LogP contribution in [0.25, 0.3) is 0 Å². The summed E-state index contributed by atoms with van der Waals surface area (Å²) in [5.74, 6) is 0.563. The summed E-state index contributed by atoms with van der Waals surface area (Å²) in [6.07, 6.45) is 3.56. The van der Waals surface area contributed by atoms with Gasteiger partial charge in [-0.05, 0) is 65.1 Å². The van der Waals surface area contributed by atoms with Gasteiger partial charge in [-0.3, -0.25) is 4.98 Å². The quantitative estimate of drug-likeness (QED) is 0.395. The Kier molecular flexibility index (Phi) is 5.25. The van der Waals surface area contributed by atoms with Crippen molar-refractivity contribution < 1.29 is 38.0 Å². The van der Waals surface area contributed by atoms with Crippen molar-refractivity contribution in [2.75, 3.05) is 27.6 Å². The van der Waals surface area contributed by atoms with Gasteiger partial charge < -0.3 is 28.4 Å². The molecule has 6 rings (SSSR count). The van der Waals surface area contributed by atoms with Gasteiger partial charge in [0.1, 0.15) is 6.61 Å². The minimum Gasteiger partial charge on any atom is -0.493 e. The predicted octanol–water partition coefficient (Wildman–Crippen LogP) is 3.59. The summed E-state index contributed by atoms with van der Waals surface area (Å²) in [6.45, 7) is 0.393.